The number of nitrogens with one attached hydrogen (secondary N) is 1. The topological polar surface area (TPSA) is 71.5 Å². The first-order valence-electron chi connectivity index (χ1n) is 7.19. The van der Waals surface area contributed by atoms with Crippen molar-refractivity contribution in [2.75, 3.05) is 13.2 Å². The van der Waals surface area contributed by atoms with Crippen LogP contribution in [-0.4, -0.2) is 34.8 Å². The number of hydrogen-bond donors (Lipinski definition) is 2. The summed E-state index contributed by atoms with van der Waals surface area (Å²) in [7, 11) is 0. The number of aliphatic hydroxyl groups excluding tert-OH is 1. The first kappa shape index (κ1) is 16.0. The molecule has 0 spiro atoms. The molecule has 0 aromatic carbocycles. The van der Waals surface area contributed by atoms with E-state index in [1.807, 2.05) is 6.92 Å². The summed E-state index contributed by atoms with van der Waals surface area (Å²) in [4.78, 5) is 16.2. The van der Waals surface area contributed by atoms with E-state index in [1.54, 1.807) is 13.0 Å². The molecule has 5 nitrogen and oxygen atoms in total. The second kappa shape index (κ2) is 6.62. The van der Waals surface area contributed by atoms with Gasteiger partial charge >= 0.3 is 0 Å². The first-order chi connectivity index (χ1) is 9.97. The summed E-state index contributed by atoms with van der Waals surface area (Å²) in [6, 6.07) is 1.55. The van der Waals surface area contributed by atoms with Gasteiger partial charge in [-0.1, -0.05) is 18.5 Å². The number of amides is 1. The standard InChI is InChI=1S/C15H21ClN2O3/c1-3-15(2,9-19)18-14(20)12-6-13(11(16)7-17-12)21-8-10-4-5-10/h6-7,10,19H,3-5,8-9H2,1-2H3,(H,18,20). The van der Waals surface area contributed by atoms with E-state index < -0.39 is 5.54 Å². The lowest BCUT2D eigenvalue weighted by molar-refractivity contribution is 0.0842. The number of rotatable bonds is 7. The molecule has 0 saturated heterocycles. The molecule has 1 heterocycles. The van der Waals surface area contributed by atoms with Crippen LogP contribution in [0.2, 0.25) is 5.02 Å². The van der Waals surface area contributed by atoms with Crippen molar-refractivity contribution in [3.05, 3.63) is 23.0 Å². The van der Waals surface area contributed by atoms with Crippen LogP contribution in [0.5, 0.6) is 5.75 Å². The molecule has 1 aromatic heterocycles. The minimum atomic E-state index is -0.659. The smallest absolute Gasteiger partial charge is 0.270 e. The number of carbonyl (C=O) groups excluding carboxylic acids is 1. The van der Waals surface area contributed by atoms with E-state index in [2.05, 4.69) is 10.3 Å². The van der Waals surface area contributed by atoms with Crippen LogP contribution in [0.25, 0.3) is 0 Å². The van der Waals surface area contributed by atoms with Crippen LogP contribution in [0.15, 0.2) is 12.3 Å². The van der Waals surface area contributed by atoms with E-state index in [9.17, 15) is 9.90 Å². The van der Waals surface area contributed by atoms with Gasteiger partial charge in [0, 0.05) is 6.07 Å². The molecule has 1 aromatic rings. The average molecular weight is 313 g/mol. The Morgan fingerprint density at radius 2 is 2.33 bits per heavy atom. The molecule has 1 aliphatic carbocycles. The summed E-state index contributed by atoms with van der Waals surface area (Å²) >= 11 is 6.03. The number of nitrogens with zero attached hydrogens (tertiary/aromatic N) is 1. The van der Waals surface area contributed by atoms with Crippen LogP contribution in [-0.2, 0) is 0 Å². The molecule has 6 heteroatoms. The Kier molecular flexibility index (Phi) is 5.06. The molecule has 0 radical (unpaired) electrons. The molecule has 0 bridgehead atoms. The SMILES string of the molecule is CCC(C)(CO)NC(=O)c1cc(OCC2CC2)c(Cl)cn1. The molecule has 1 amide bonds. The molecule has 1 aliphatic rings. The highest BCUT2D eigenvalue weighted by Crippen LogP contribution is 2.31. The summed E-state index contributed by atoms with van der Waals surface area (Å²) in [5, 5.41) is 12.5. The molecule has 116 valence electrons. The highest BCUT2D eigenvalue weighted by Gasteiger charge is 2.25. The fraction of sp³-hybridized carbons (Fsp3) is 0.600. The lowest BCUT2D eigenvalue weighted by Gasteiger charge is -2.27. The summed E-state index contributed by atoms with van der Waals surface area (Å²) in [5.74, 6) is 0.733. The maximum Gasteiger partial charge on any atom is 0.270 e. The molecule has 2 N–H and O–H groups in total. The highest BCUT2D eigenvalue weighted by molar-refractivity contribution is 6.32. The van der Waals surface area contributed by atoms with Gasteiger partial charge in [-0.05, 0) is 32.1 Å². The summed E-state index contributed by atoms with van der Waals surface area (Å²) < 4.78 is 5.63. The Morgan fingerprint density at radius 3 is 2.90 bits per heavy atom. The monoisotopic (exact) mass is 312 g/mol. The minimum absolute atomic E-state index is 0.131. The Hall–Kier alpha value is -1.33. The van der Waals surface area contributed by atoms with Gasteiger partial charge in [-0.3, -0.25) is 4.79 Å². The lowest BCUT2D eigenvalue weighted by atomic mass is 10.00. The number of aliphatic hydroxyl groups is 1. The van der Waals surface area contributed by atoms with E-state index >= 15 is 0 Å². The number of halogens is 1. The second-order valence-electron chi connectivity index (χ2n) is 5.78. The molecular weight excluding hydrogens is 292 g/mol. The second-order valence-corrected chi connectivity index (χ2v) is 6.19. The van der Waals surface area contributed by atoms with Gasteiger partial charge in [-0.25, -0.2) is 4.98 Å². The van der Waals surface area contributed by atoms with Crippen LogP contribution in [0.4, 0.5) is 0 Å². The molecule has 1 unspecified atom stereocenters. The maximum atomic E-state index is 12.2. The van der Waals surface area contributed by atoms with Crippen molar-refractivity contribution in [3.8, 4) is 5.75 Å². The van der Waals surface area contributed by atoms with Crippen LogP contribution in [0.3, 0.4) is 0 Å². The van der Waals surface area contributed by atoms with E-state index in [4.69, 9.17) is 16.3 Å². The van der Waals surface area contributed by atoms with Crippen molar-refractivity contribution >= 4 is 17.5 Å². The summed E-state index contributed by atoms with van der Waals surface area (Å²) in [6.45, 7) is 4.17. The van der Waals surface area contributed by atoms with E-state index in [-0.39, 0.29) is 18.2 Å². The number of pyridine rings is 1. The molecule has 1 saturated carbocycles. The number of carbonyl (C=O) groups is 1. The number of hydrogen-bond acceptors (Lipinski definition) is 4. The molecule has 21 heavy (non-hydrogen) atoms. The Morgan fingerprint density at radius 1 is 1.62 bits per heavy atom. The van der Waals surface area contributed by atoms with Crippen molar-refractivity contribution in [2.24, 2.45) is 5.92 Å². The van der Waals surface area contributed by atoms with Gasteiger partial charge in [-0.2, -0.15) is 0 Å². The number of aromatic nitrogens is 1. The third-order valence-corrected chi connectivity index (χ3v) is 4.05. The fourth-order valence-electron chi connectivity index (χ4n) is 1.72. The van der Waals surface area contributed by atoms with Gasteiger partial charge < -0.3 is 15.2 Å². The Balaban J connectivity index is 2.07. The lowest BCUT2D eigenvalue weighted by Crippen LogP contribution is -2.48. The largest absolute Gasteiger partial charge is 0.492 e. The quantitative estimate of drug-likeness (QED) is 0.811. The fourth-order valence-corrected chi connectivity index (χ4v) is 1.88. The molecule has 1 fully saturated rings. The molecule has 1 atom stereocenters. The molecular formula is C15H21ClN2O3. The predicted octanol–water partition coefficient (Wildman–Crippen LogP) is 2.41. The van der Waals surface area contributed by atoms with Gasteiger partial charge in [0.1, 0.15) is 16.5 Å². The third kappa shape index (κ3) is 4.32. The molecule has 2 rings (SSSR count). The zero-order valence-electron chi connectivity index (χ0n) is 12.4. The van der Waals surface area contributed by atoms with Crippen LogP contribution >= 0.6 is 11.6 Å². The first-order valence-corrected chi connectivity index (χ1v) is 7.57. The van der Waals surface area contributed by atoms with Gasteiger partial charge in [0.05, 0.1) is 24.9 Å². The van der Waals surface area contributed by atoms with E-state index in [0.29, 0.717) is 29.7 Å². The summed E-state index contributed by atoms with van der Waals surface area (Å²) in [5.41, 5.74) is -0.425. The average Bonchev–Trinajstić information content (AvgIpc) is 3.30. The van der Waals surface area contributed by atoms with Gasteiger partial charge in [0.15, 0.2) is 0 Å². The van der Waals surface area contributed by atoms with E-state index in [1.165, 1.54) is 19.0 Å². The highest BCUT2D eigenvalue weighted by atomic mass is 35.5. The number of ether oxygens (including phenoxy) is 1. The Bertz CT molecular complexity index is 514. The van der Waals surface area contributed by atoms with Crippen LogP contribution < -0.4 is 10.1 Å². The van der Waals surface area contributed by atoms with Gasteiger partial charge in [0.25, 0.3) is 5.91 Å². The third-order valence-electron chi connectivity index (χ3n) is 3.77. The predicted molar refractivity (Wildman–Crippen MR) is 80.7 cm³/mol. The molecule has 0 aliphatic heterocycles. The Labute approximate surface area is 129 Å². The van der Waals surface area contributed by atoms with Crippen molar-refractivity contribution < 1.29 is 14.6 Å². The van der Waals surface area contributed by atoms with Gasteiger partial charge in [0.2, 0.25) is 0 Å². The minimum Gasteiger partial charge on any atom is -0.492 e. The summed E-state index contributed by atoms with van der Waals surface area (Å²) in [6.07, 6.45) is 4.40. The van der Waals surface area contributed by atoms with Crippen molar-refractivity contribution in [3.63, 3.8) is 0 Å². The zero-order chi connectivity index (χ0) is 15.5. The zero-order valence-corrected chi connectivity index (χ0v) is 13.1. The van der Waals surface area contributed by atoms with Crippen LogP contribution in [0.1, 0.15) is 43.6 Å². The van der Waals surface area contributed by atoms with Crippen molar-refractivity contribution in [2.45, 2.75) is 38.6 Å². The maximum absolute atomic E-state index is 12.2. The van der Waals surface area contributed by atoms with Crippen molar-refractivity contribution in [1.29, 1.82) is 0 Å². The van der Waals surface area contributed by atoms with Crippen molar-refractivity contribution in [1.82, 2.24) is 10.3 Å². The van der Waals surface area contributed by atoms with Crippen LogP contribution in [0, 0.1) is 5.92 Å². The van der Waals surface area contributed by atoms with Gasteiger partial charge in [-0.15, -0.1) is 0 Å². The normalized spacial score (nSPS) is 17.1. The van der Waals surface area contributed by atoms with E-state index in [0.717, 1.165) is 0 Å².